The third kappa shape index (κ3) is 4.45. The van der Waals surface area contributed by atoms with Gasteiger partial charge in [0.25, 0.3) is 0 Å². The Morgan fingerprint density at radius 2 is 2.17 bits per heavy atom. The Morgan fingerprint density at radius 3 is 2.86 bits per heavy atom. The van der Waals surface area contributed by atoms with E-state index in [1.54, 1.807) is 14.2 Å². The molecule has 0 aliphatic carbocycles. The van der Waals surface area contributed by atoms with E-state index in [9.17, 15) is 4.79 Å². The third-order valence-electron chi connectivity index (χ3n) is 5.78. The zero-order chi connectivity index (χ0) is 20.3. The highest BCUT2D eigenvalue weighted by atomic mass is 32.1. The number of amides is 1. The molecule has 1 aromatic heterocycles. The van der Waals surface area contributed by atoms with E-state index in [0.29, 0.717) is 18.2 Å². The number of nitrogens with one attached hydrogen (secondary N) is 1. The predicted octanol–water partition coefficient (Wildman–Crippen LogP) is 3.03. The summed E-state index contributed by atoms with van der Waals surface area (Å²) >= 11 is 1.43. The van der Waals surface area contributed by atoms with Crippen LogP contribution in [-0.4, -0.2) is 68.0 Å². The summed E-state index contributed by atoms with van der Waals surface area (Å²) in [5, 5.41) is 5.48. The van der Waals surface area contributed by atoms with Crippen molar-refractivity contribution < 1.29 is 19.0 Å². The average molecular weight is 418 g/mol. The first kappa shape index (κ1) is 20.3. The molecule has 2 aliphatic rings. The van der Waals surface area contributed by atoms with E-state index in [1.807, 2.05) is 29.6 Å². The largest absolute Gasteiger partial charge is 0.497 e. The third-order valence-corrected chi connectivity index (χ3v) is 6.54. The number of ether oxygens (including phenoxy) is 3. The highest BCUT2D eigenvalue weighted by Gasteiger charge is 2.46. The van der Waals surface area contributed by atoms with Crippen molar-refractivity contribution in [1.29, 1.82) is 0 Å². The number of anilines is 1. The number of aromatic nitrogens is 1. The van der Waals surface area contributed by atoms with Crippen molar-refractivity contribution in [3.05, 3.63) is 29.6 Å². The number of carbonyl (C=O) groups excluding carboxylic acids is 1. The number of piperidine rings is 1. The number of thiazole rings is 1. The molecule has 1 aromatic carbocycles. The summed E-state index contributed by atoms with van der Waals surface area (Å²) in [5.74, 6) is 0.747. The molecule has 2 atom stereocenters. The number of nitrogens with zero attached hydrogens (tertiary/aromatic N) is 2. The molecular formula is C21H27N3O4S. The molecular weight excluding hydrogens is 390 g/mol. The molecule has 29 heavy (non-hydrogen) atoms. The molecule has 4 rings (SSSR count). The van der Waals surface area contributed by atoms with Crippen LogP contribution >= 0.6 is 11.3 Å². The lowest BCUT2D eigenvalue weighted by Crippen LogP contribution is -2.57. The number of hydrogen-bond donors (Lipinski definition) is 1. The Bertz CT molecular complexity index is 833. The second-order valence-electron chi connectivity index (χ2n) is 7.54. The van der Waals surface area contributed by atoms with Crippen LogP contribution in [0.5, 0.6) is 5.75 Å². The molecule has 156 valence electrons. The van der Waals surface area contributed by atoms with Gasteiger partial charge in [-0.05, 0) is 43.5 Å². The van der Waals surface area contributed by atoms with E-state index in [1.165, 1.54) is 11.3 Å². The molecule has 1 spiro atoms. The Hall–Kier alpha value is -2.00. The summed E-state index contributed by atoms with van der Waals surface area (Å²) in [4.78, 5) is 19.2. The molecule has 2 aliphatic heterocycles. The SMILES string of the molecule is COc1ccc(-c2csc(NC(=O)CN3CCC4(CCCO4)C(OC)C3)n2)cc1. The van der Waals surface area contributed by atoms with Crippen LogP contribution in [0.15, 0.2) is 29.6 Å². The fraction of sp³-hybridized carbons (Fsp3) is 0.524. The van der Waals surface area contributed by atoms with Gasteiger partial charge in [0.1, 0.15) is 5.75 Å². The predicted molar refractivity (Wildman–Crippen MR) is 113 cm³/mol. The monoisotopic (exact) mass is 417 g/mol. The van der Waals surface area contributed by atoms with Crippen LogP contribution < -0.4 is 10.1 Å². The number of likely N-dealkylation sites (tertiary alicyclic amines) is 1. The molecule has 3 heterocycles. The molecule has 2 saturated heterocycles. The first-order valence-corrected chi connectivity index (χ1v) is 10.8. The maximum absolute atomic E-state index is 12.5. The number of rotatable bonds is 6. The standard InChI is InChI=1S/C21H27N3O4S/c1-26-16-6-4-15(5-7-16)17-14-29-20(22-17)23-19(25)13-24-10-9-21(8-3-11-28-21)18(12-24)27-2/h4-7,14,18H,3,8-13H2,1-2H3,(H,22,23,25). The summed E-state index contributed by atoms with van der Waals surface area (Å²) in [6, 6.07) is 7.71. The Morgan fingerprint density at radius 1 is 1.34 bits per heavy atom. The molecule has 1 amide bonds. The van der Waals surface area contributed by atoms with Crippen molar-refractivity contribution >= 4 is 22.4 Å². The molecule has 2 unspecified atom stereocenters. The van der Waals surface area contributed by atoms with Gasteiger partial charge < -0.3 is 19.5 Å². The minimum absolute atomic E-state index is 0.00749. The van der Waals surface area contributed by atoms with Gasteiger partial charge in [-0.2, -0.15) is 0 Å². The van der Waals surface area contributed by atoms with Crippen LogP contribution in [-0.2, 0) is 14.3 Å². The summed E-state index contributed by atoms with van der Waals surface area (Å²) in [5.41, 5.74) is 1.67. The van der Waals surface area contributed by atoms with E-state index in [2.05, 4.69) is 15.2 Å². The Kier molecular flexibility index (Phi) is 6.15. The van der Waals surface area contributed by atoms with Crippen molar-refractivity contribution in [3.8, 4) is 17.0 Å². The quantitative estimate of drug-likeness (QED) is 0.779. The van der Waals surface area contributed by atoms with E-state index in [4.69, 9.17) is 14.2 Å². The lowest BCUT2D eigenvalue weighted by Gasteiger charge is -2.44. The van der Waals surface area contributed by atoms with Crippen LogP contribution in [0.3, 0.4) is 0 Å². The van der Waals surface area contributed by atoms with Gasteiger partial charge in [-0.25, -0.2) is 4.98 Å². The summed E-state index contributed by atoms with van der Waals surface area (Å²) in [6.45, 7) is 2.68. The second kappa shape index (κ2) is 8.79. The molecule has 0 radical (unpaired) electrons. The maximum Gasteiger partial charge on any atom is 0.240 e. The summed E-state index contributed by atoms with van der Waals surface area (Å²) in [6.07, 6.45) is 3.03. The molecule has 1 N–H and O–H groups in total. The fourth-order valence-electron chi connectivity index (χ4n) is 4.19. The zero-order valence-corrected chi connectivity index (χ0v) is 17.7. The zero-order valence-electron chi connectivity index (χ0n) is 16.8. The van der Waals surface area contributed by atoms with Crippen molar-refractivity contribution in [2.24, 2.45) is 0 Å². The normalized spacial score (nSPS) is 24.7. The van der Waals surface area contributed by atoms with Gasteiger partial charge in [-0.3, -0.25) is 9.69 Å². The van der Waals surface area contributed by atoms with Crippen molar-refractivity contribution in [1.82, 2.24) is 9.88 Å². The smallest absolute Gasteiger partial charge is 0.240 e. The van der Waals surface area contributed by atoms with Crippen LogP contribution in [0.1, 0.15) is 19.3 Å². The molecule has 2 fully saturated rings. The molecule has 7 nitrogen and oxygen atoms in total. The maximum atomic E-state index is 12.5. The van der Waals surface area contributed by atoms with Crippen LogP contribution in [0.4, 0.5) is 5.13 Å². The molecule has 0 saturated carbocycles. The van der Waals surface area contributed by atoms with Gasteiger partial charge in [0, 0.05) is 37.7 Å². The number of hydrogen-bond acceptors (Lipinski definition) is 7. The topological polar surface area (TPSA) is 72.9 Å². The van der Waals surface area contributed by atoms with Crippen molar-refractivity contribution in [2.45, 2.75) is 31.0 Å². The van der Waals surface area contributed by atoms with Gasteiger partial charge >= 0.3 is 0 Å². The minimum atomic E-state index is -0.162. The number of benzene rings is 1. The van der Waals surface area contributed by atoms with Crippen LogP contribution in [0.2, 0.25) is 0 Å². The number of methoxy groups -OCH3 is 2. The highest BCUT2D eigenvalue weighted by molar-refractivity contribution is 7.14. The molecule has 8 heteroatoms. The van der Waals surface area contributed by atoms with Crippen molar-refractivity contribution in [3.63, 3.8) is 0 Å². The van der Waals surface area contributed by atoms with E-state index < -0.39 is 0 Å². The second-order valence-corrected chi connectivity index (χ2v) is 8.40. The minimum Gasteiger partial charge on any atom is -0.497 e. The fourth-order valence-corrected chi connectivity index (χ4v) is 4.93. The van der Waals surface area contributed by atoms with E-state index >= 15 is 0 Å². The van der Waals surface area contributed by atoms with Gasteiger partial charge in [0.2, 0.25) is 5.91 Å². The molecule has 2 aromatic rings. The highest BCUT2D eigenvalue weighted by Crippen LogP contribution is 2.37. The van der Waals surface area contributed by atoms with Crippen LogP contribution in [0, 0.1) is 0 Å². The first-order valence-electron chi connectivity index (χ1n) is 9.91. The van der Waals surface area contributed by atoms with Gasteiger partial charge in [0.15, 0.2) is 5.13 Å². The molecule has 0 bridgehead atoms. The van der Waals surface area contributed by atoms with Gasteiger partial charge in [0.05, 0.1) is 31.1 Å². The lowest BCUT2D eigenvalue weighted by atomic mass is 9.86. The average Bonchev–Trinajstić information content (AvgIpc) is 3.40. The van der Waals surface area contributed by atoms with E-state index in [0.717, 1.165) is 49.4 Å². The van der Waals surface area contributed by atoms with Gasteiger partial charge in [-0.15, -0.1) is 11.3 Å². The summed E-state index contributed by atoms with van der Waals surface area (Å²) in [7, 11) is 3.37. The first-order chi connectivity index (χ1) is 14.1. The number of carbonyl (C=O) groups is 1. The van der Waals surface area contributed by atoms with E-state index in [-0.39, 0.29) is 17.6 Å². The lowest BCUT2D eigenvalue weighted by molar-refractivity contribution is -0.145. The summed E-state index contributed by atoms with van der Waals surface area (Å²) < 4.78 is 16.9. The van der Waals surface area contributed by atoms with Crippen LogP contribution in [0.25, 0.3) is 11.3 Å². The van der Waals surface area contributed by atoms with Crippen molar-refractivity contribution in [2.75, 3.05) is 45.8 Å². The Balaban J connectivity index is 1.32. The van der Waals surface area contributed by atoms with Gasteiger partial charge in [-0.1, -0.05) is 0 Å². The Labute approximate surface area is 175 Å².